The molecule has 0 unspecified atom stereocenters. The summed E-state index contributed by atoms with van der Waals surface area (Å²) in [4.78, 5) is 41.2. The number of nitrogens with zero attached hydrogens (tertiary/aromatic N) is 6. The van der Waals surface area contributed by atoms with E-state index in [0.717, 1.165) is 67.1 Å². The summed E-state index contributed by atoms with van der Waals surface area (Å²) in [7, 11) is 0. The fourth-order valence-electron chi connectivity index (χ4n) is 6.99. The van der Waals surface area contributed by atoms with E-state index in [1.54, 1.807) is 29.1 Å². The average molecular weight is 827 g/mol. The van der Waals surface area contributed by atoms with Gasteiger partial charge in [0.2, 0.25) is 0 Å². The predicted molar refractivity (Wildman–Crippen MR) is 237 cm³/mol. The Hall–Kier alpha value is -6.29. The zero-order chi connectivity index (χ0) is 40.3. The molecule has 2 aliphatic rings. The molecular formula is C46H45Cl2N9O2. The summed E-state index contributed by atoms with van der Waals surface area (Å²) >= 11 is 5.76. The van der Waals surface area contributed by atoms with Crippen LogP contribution in [0.3, 0.4) is 0 Å². The van der Waals surface area contributed by atoms with Crippen LogP contribution in [0, 0.1) is 11.3 Å². The van der Waals surface area contributed by atoms with Gasteiger partial charge in [0, 0.05) is 86.4 Å². The molecule has 0 amide bonds. The molecule has 2 saturated heterocycles. The molecule has 0 bridgehead atoms. The van der Waals surface area contributed by atoms with Crippen molar-refractivity contribution >= 4 is 35.0 Å². The molecule has 10 rings (SSSR count). The number of aromatic nitrogens is 6. The van der Waals surface area contributed by atoms with Gasteiger partial charge in [0.1, 0.15) is 22.7 Å². The van der Waals surface area contributed by atoms with Crippen molar-refractivity contribution in [3.8, 4) is 28.8 Å². The van der Waals surface area contributed by atoms with E-state index in [9.17, 15) is 9.59 Å². The SMILES string of the molecule is CC#N.Cl.O=c1[nH]c(CCl)cn2c(-c3ccccc3)ncc12.O=c1[nH]c(CN2CC(c3ccccc3)C2)cn2c(-c3ccccc3)ncc12.c1ccc(C2CNC2)cc1. The molecule has 300 valence electrons. The third-order valence-corrected chi connectivity index (χ3v) is 10.3. The van der Waals surface area contributed by atoms with E-state index in [4.69, 9.17) is 16.9 Å². The number of H-pyrrole nitrogens is 2. The highest BCUT2D eigenvalue weighted by molar-refractivity contribution is 6.16. The molecule has 0 spiro atoms. The van der Waals surface area contributed by atoms with E-state index in [0.29, 0.717) is 22.6 Å². The van der Waals surface area contributed by atoms with E-state index in [2.05, 4.69) is 90.8 Å². The van der Waals surface area contributed by atoms with Crippen LogP contribution in [0.15, 0.2) is 156 Å². The van der Waals surface area contributed by atoms with E-state index >= 15 is 0 Å². The molecule has 2 aliphatic heterocycles. The molecule has 0 radical (unpaired) electrons. The van der Waals surface area contributed by atoms with Gasteiger partial charge in [-0.2, -0.15) is 5.26 Å². The van der Waals surface area contributed by atoms with Crippen LogP contribution in [-0.4, -0.2) is 59.8 Å². The number of imidazole rings is 2. The Labute approximate surface area is 353 Å². The minimum atomic E-state index is -0.178. The van der Waals surface area contributed by atoms with Crippen molar-refractivity contribution in [3.05, 3.63) is 189 Å². The number of benzene rings is 4. The highest BCUT2D eigenvalue weighted by atomic mass is 35.5. The topological polar surface area (TPSA) is 139 Å². The van der Waals surface area contributed by atoms with Crippen molar-refractivity contribution in [3.63, 3.8) is 0 Å². The van der Waals surface area contributed by atoms with Crippen molar-refractivity contribution in [1.82, 2.24) is 39.0 Å². The number of nitrogens with one attached hydrogen (secondary N) is 3. The van der Waals surface area contributed by atoms with Gasteiger partial charge in [-0.05, 0) is 11.1 Å². The first-order valence-corrected chi connectivity index (χ1v) is 19.7. The van der Waals surface area contributed by atoms with Gasteiger partial charge < -0.3 is 15.3 Å². The molecule has 6 heterocycles. The minimum absolute atomic E-state index is 0. The molecule has 0 saturated carbocycles. The van der Waals surface area contributed by atoms with E-state index in [1.165, 1.54) is 18.1 Å². The lowest BCUT2D eigenvalue weighted by Gasteiger charge is -2.39. The standard InChI is InChI=1S/C22H20N4O.C13H10ClN3O.C9H11N.C2H3N.ClH/c27-22-20-11-23-21(17-9-5-2-6-10-17)26(20)15-19(24-22)14-25-12-18(13-25)16-7-3-1-4-8-16;14-6-10-8-17-11(13(18)16-10)7-15-12(17)9-4-2-1-3-5-9;1-2-4-8(5-3-1)9-6-10-7-9;1-2-3;/h1-11,15,18H,12-14H2,(H,24,27);1-5,7-8H,6H2,(H,16,18);1-5,9-10H,6-7H2;1H3;1H. The van der Waals surface area contributed by atoms with Crippen LogP contribution in [-0.2, 0) is 12.4 Å². The molecule has 8 aromatic rings. The molecule has 59 heavy (non-hydrogen) atoms. The van der Waals surface area contributed by atoms with Crippen molar-refractivity contribution in [2.24, 2.45) is 0 Å². The molecule has 4 aromatic carbocycles. The van der Waals surface area contributed by atoms with Gasteiger partial charge in [-0.25, -0.2) is 9.97 Å². The summed E-state index contributed by atoms with van der Waals surface area (Å²) in [6, 6.07) is 42.7. The maximum atomic E-state index is 12.5. The monoisotopic (exact) mass is 825 g/mol. The maximum absolute atomic E-state index is 12.5. The maximum Gasteiger partial charge on any atom is 0.274 e. The molecule has 3 N–H and O–H groups in total. The Kier molecular flexibility index (Phi) is 14.6. The van der Waals surface area contributed by atoms with Crippen molar-refractivity contribution in [1.29, 1.82) is 5.26 Å². The van der Waals surface area contributed by atoms with Gasteiger partial charge in [-0.3, -0.25) is 23.3 Å². The first-order chi connectivity index (χ1) is 28.4. The zero-order valence-electron chi connectivity index (χ0n) is 32.5. The molecule has 11 nitrogen and oxygen atoms in total. The van der Waals surface area contributed by atoms with E-state index in [1.807, 2.05) is 71.3 Å². The molecule has 4 aromatic heterocycles. The molecule has 13 heteroatoms. The van der Waals surface area contributed by atoms with Crippen LogP contribution in [0.2, 0.25) is 0 Å². The number of halogens is 2. The van der Waals surface area contributed by atoms with Gasteiger partial charge >= 0.3 is 0 Å². The summed E-state index contributed by atoms with van der Waals surface area (Å²) < 4.78 is 3.67. The van der Waals surface area contributed by atoms with Gasteiger partial charge in [0.25, 0.3) is 11.1 Å². The number of fused-ring (bicyclic) bond motifs is 2. The molecular weight excluding hydrogens is 781 g/mol. The molecule has 0 aliphatic carbocycles. The quantitative estimate of drug-likeness (QED) is 0.138. The van der Waals surface area contributed by atoms with Crippen LogP contribution in [0.1, 0.15) is 41.3 Å². The highest BCUT2D eigenvalue weighted by Gasteiger charge is 2.28. The van der Waals surface area contributed by atoms with Gasteiger partial charge in [-0.15, -0.1) is 24.0 Å². The average Bonchev–Trinajstić information content (AvgIpc) is 3.86. The highest BCUT2D eigenvalue weighted by Crippen LogP contribution is 2.28. The predicted octanol–water partition coefficient (Wildman–Crippen LogP) is 8.04. The Morgan fingerprint density at radius 3 is 1.49 bits per heavy atom. The largest absolute Gasteiger partial charge is 0.322 e. The second-order valence-corrected chi connectivity index (χ2v) is 14.3. The number of nitriles is 1. The third kappa shape index (κ3) is 10.2. The Morgan fingerprint density at radius 2 is 1.07 bits per heavy atom. The summed E-state index contributed by atoms with van der Waals surface area (Å²) in [5, 5.41) is 10.6. The van der Waals surface area contributed by atoms with Crippen LogP contribution < -0.4 is 16.4 Å². The second kappa shape index (κ2) is 20.4. The number of hydrogen-bond donors (Lipinski definition) is 3. The van der Waals surface area contributed by atoms with Gasteiger partial charge in [-0.1, -0.05) is 121 Å². The fourth-order valence-corrected chi connectivity index (χ4v) is 7.13. The fraction of sp³-hybridized carbons (Fsp3) is 0.196. The van der Waals surface area contributed by atoms with Crippen LogP contribution in [0.4, 0.5) is 0 Å². The van der Waals surface area contributed by atoms with E-state index < -0.39 is 0 Å². The van der Waals surface area contributed by atoms with Gasteiger partial charge in [0.05, 0.1) is 24.3 Å². The first-order valence-electron chi connectivity index (χ1n) is 19.1. The number of likely N-dealkylation sites (tertiary alicyclic amines) is 1. The van der Waals surface area contributed by atoms with Crippen LogP contribution in [0.25, 0.3) is 33.8 Å². The van der Waals surface area contributed by atoms with Crippen molar-refractivity contribution < 1.29 is 0 Å². The number of rotatable bonds is 7. The lowest BCUT2D eigenvalue weighted by molar-refractivity contribution is 0.137. The lowest BCUT2D eigenvalue weighted by Crippen LogP contribution is -2.44. The zero-order valence-corrected chi connectivity index (χ0v) is 34.1. The van der Waals surface area contributed by atoms with Crippen LogP contribution >= 0.6 is 24.0 Å². The summed E-state index contributed by atoms with van der Waals surface area (Å²) in [5.41, 5.74) is 7.22. The van der Waals surface area contributed by atoms with Gasteiger partial charge in [0.15, 0.2) is 0 Å². The molecule has 2 fully saturated rings. The number of aromatic amines is 2. The van der Waals surface area contributed by atoms with E-state index in [-0.39, 0.29) is 29.4 Å². The number of hydrogen-bond acceptors (Lipinski definition) is 7. The number of alkyl halides is 1. The van der Waals surface area contributed by atoms with Crippen LogP contribution in [0.5, 0.6) is 0 Å². The normalized spacial score (nSPS) is 13.5. The third-order valence-electron chi connectivity index (χ3n) is 10.1. The first kappa shape index (κ1) is 42.3. The van der Waals surface area contributed by atoms with Crippen molar-refractivity contribution in [2.75, 3.05) is 26.2 Å². The Bertz CT molecular complexity index is 2700. The Balaban J connectivity index is 0.000000157. The minimum Gasteiger partial charge on any atom is -0.322 e. The summed E-state index contributed by atoms with van der Waals surface area (Å²) in [6.07, 6.45) is 7.01. The Morgan fingerprint density at radius 1 is 0.661 bits per heavy atom. The summed E-state index contributed by atoms with van der Waals surface area (Å²) in [6.45, 7) is 6.51. The lowest BCUT2D eigenvalue weighted by atomic mass is 9.91. The summed E-state index contributed by atoms with van der Waals surface area (Å²) in [5.74, 6) is 3.15. The molecule has 0 atom stereocenters. The van der Waals surface area contributed by atoms with Crippen molar-refractivity contribution in [2.45, 2.75) is 31.2 Å². The smallest absolute Gasteiger partial charge is 0.274 e. The second-order valence-electron chi connectivity index (χ2n) is 14.0.